The summed E-state index contributed by atoms with van der Waals surface area (Å²) < 4.78 is 10.1. The average Bonchev–Trinajstić information content (AvgIpc) is 2.94. The number of piperidine rings is 1. The molecule has 0 unspecified atom stereocenters. The molecule has 0 bridgehead atoms. The van der Waals surface area contributed by atoms with Crippen molar-refractivity contribution in [3.63, 3.8) is 0 Å². The maximum atomic E-state index is 12.5. The third kappa shape index (κ3) is 2.64. The van der Waals surface area contributed by atoms with Crippen molar-refractivity contribution >= 4 is 11.9 Å². The van der Waals surface area contributed by atoms with Crippen LogP contribution in [0.5, 0.6) is 0 Å². The molecule has 2 rings (SSSR count). The highest BCUT2D eigenvalue weighted by atomic mass is 16.5. The van der Waals surface area contributed by atoms with Crippen molar-refractivity contribution in [2.75, 3.05) is 13.7 Å². The van der Waals surface area contributed by atoms with Crippen molar-refractivity contribution < 1.29 is 18.7 Å². The van der Waals surface area contributed by atoms with Crippen LogP contribution in [-0.2, 0) is 16.0 Å². The molecule has 2 heterocycles. The summed E-state index contributed by atoms with van der Waals surface area (Å²) >= 11 is 0. The molecule has 0 aromatic carbocycles. The quantitative estimate of drug-likeness (QED) is 0.784. The molecule has 1 aromatic rings. The van der Waals surface area contributed by atoms with Gasteiger partial charge in [-0.25, -0.2) is 4.79 Å². The van der Waals surface area contributed by atoms with Gasteiger partial charge in [-0.05, 0) is 25.3 Å². The maximum Gasteiger partial charge on any atom is 0.328 e. The number of esters is 1. The molecule has 0 N–H and O–H groups in total. The first-order valence-electron chi connectivity index (χ1n) is 6.64. The molecular weight excluding hydrogens is 246 g/mol. The number of carbonyl (C=O) groups excluding carboxylic acids is 2. The number of likely N-dealkylation sites (tertiary alicyclic amines) is 1. The minimum atomic E-state index is -0.467. The number of methoxy groups -OCH3 is 1. The van der Waals surface area contributed by atoms with Crippen molar-refractivity contribution in [1.82, 2.24) is 4.90 Å². The van der Waals surface area contributed by atoms with Crippen molar-refractivity contribution in [1.29, 1.82) is 0 Å². The molecule has 1 fully saturated rings. The first-order chi connectivity index (χ1) is 9.19. The summed E-state index contributed by atoms with van der Waals surface area (Å²) in [6.07, 6.45) is 4.69. The van der Waals surface area contributed by atoms with E-state index >= 15 is 0 Å². The Kier molecular flexibility index (Phi) is 4.24. The Morgan fingerprint density at radius 1 is 1.47 bits per heavy atom. The summed E-state index contributed by atoms with van der Waals surface area (Å²) in [7, 11) is 1.36. The third-order valence-corrected chi connectivity index (χ3v) is 3.53. The van der Waals surface area contributed by atoms with Crippen LogP contribution >= 0.6 is 0 Å². The fraction of sp³-hybridized carbons (Fsp3) is 0.571. The molecule has 5 nitrogen and oxygen atoms in total. The molecule has 104 valence electrons. The summed E-state index contributed by atoms with van der Waals surface area (Å²) in [5.74, 6) is 0.189. The molecular formula is C14H19NO4. The van der Waals surface area contributed by atoms with Gasteiger partial charge in [0.05, 0.1) is 18.9 Å². The molecule has 1 aliphatic heterocycles. The molecule has 0 radical (unpaired) electrons. The van der Waals surface area contributed by atoms with Crippen LogP contribution in [0.15, 0.2) is 16.7 Å². The van der Waals surface area contributed by atoms with Crippen LogP contribution in [0.2, 0.25) is 0 Å². The zero-order valence-corrected chi connectivity index (χ0v) is 11.3. The van der Waals surface area contributed by atoms with Gasteiger partial charge >= 0.3 is 5.97 Å². The largest absolute Gasteiger partial charge is 0.469 e. The molecule has 0 aliphatic carbocycles. The molecule has 1 atom stereocenters. The molecule has 0 saturated carbocycles. The normalized spacial score (nSPS) is 19.3. The highest BCUT2D eigenvalue weighted by Gasteiger charge is 2.34. The van der Waals surface area contributed by atoms with E-state index in [0.717, 1.165) is 12.8 Å². The molecule has 1 saturated heterocycles. The number of amides is 1. The van der Waals surface area contributed by atoms with E-state index in [1.165, 1.54) is 13.4 Å². The van der Waals surface area contributed by atoms with Crippen molar-refractivity contribution in [2.24, 2.45) is 0 Å². The second kappa shape index (κ2) is 5.91. The van der Waals surface area contributed by atoms with E-state index in [9.17, 15) is 9.59 Å². The smallest absolute Gasteiger partial charge is 0.328 e. The minimum absolute atomic E-state index is 0.138. The number of carbonyl (C=O) groups is 2. The standard InChI is InChI=1S/C14H19NO4/c1-3-12-10(7-9-19-12)13(16)15-8-5-4-6-11(15)14(17)18-2/h7,9,11H,3-6,8H2,1-2H3/t11-/m1/s1. The predicted molar refractivity (Wildman–Crippen MR) is 68.8 cm³/mol. The lowest BCUT2D eigenvalue weighted by atomic mass is 10.0. The van der Waals surface area contributed by atoms with Crippen LogP contribution in [0.25, 0.3) is 0 Å². The number of aryl methyl sites for hydroxylation is 1. The average molecular weight is 265 g/mol. The Labute approximate surface area is 112 Å². The van der Waals surface area contributed by atoms with Crippen molar-refractivity contribution in [2.45, 2.75) is 38.6 Å². The van der Waals surface area contributed by atoms with Gasteiger partial charge in [0.1, 0.15) is 11.8 Å². The SMILES string of the molecule is CCc1occc1C(=O)N1CCCC[C@@H]1C(=O)OC. The molecule has 5 heteroatoms. The van der Waals surface area contributed by atoms with Crippen LogP contribution in [0, 0.1) is 0 Å². The van der Waals surface area contributed by atoms with Gasteiger partial charge in [0.25, 0.3) is 5.91 Å². The van der Waals surface area contributed by atoms with E-state index in [1.807, 2.05) is 6.92 Å². The lowest BCUT2D eigenvalue weighted by molar-refractivity contribution is -0.147. The number of hydrogen-bond donors (Lipinski definition) is 0. The van der Waals surface area contributed by atoms with Gasteiger partial charge in [-0.15, -0.1) is 0 Å². The molecule has 19 heavy (non-hydrogen) atoms. The van der Waals surface area contributed by atoms with E-state index in [-0.39, 0.29) is 11.9 Å². The molecule has 1 aromatic heterocycles. The van der Waals surface area contributed by atoms with Crippen LogP contribution in [-0.4, -0.2) is 36.5 Å². The zero-order chi connectivity index (χ0) is 13.8. The molecule has 1 aliphatic rings. The van der Waals surface area contributed by atoms with Gasteiger partial charge in [-0.3, -0.25) is 4.79 Å². The fourth-order valence-electron chi connectivity index (χ4n) is 2.52. The van der Waals surface area contributed by atoms with E-state index in [2.05, 4.69) is 0 Å². The summed E-state index contributed by atoms with van der Waals surface area (Å²) in [5.41, 5.74) is 0.554. The first kappa shape index (κ1) is 13.6. The Bertz CT molecular complexity index is 466. The van der Waals surface area contributed by atoms with Gasteiger partial charge in [-0.1, -0.05) is 6.92 Å². The predicted octanol–water partition coefficient (Wildman–Crippen LogP) is 2.01. The Hall–Kier alpha value is -1.78. The van der Waals surface area contributed by atoms with E-state index < -0.39 is 6.04 Å². The summed E-state index contributed by atoms with van der Waals surface area (Å²) in [6, 6.07) is 1.20. The number of furan rings is 1. The lowest BCUT2D eigenvalue weighted by Gasteiger charge is -2.33. The van der Waals surface area contributed by atoms with Crippen LogP contribution < -0.4 is 0 Å². The monoisotopic (exact) mass is 265 g/mol. The fourth-order valence-corrected chi connectivity index (χ4v) is 2.52. The van der Waals surface area contributed by atoms with Gasteiger partial charge in [0, 0.05) is 13.0 Å². The van der Waals surface area contributed by atoms with E-state index in [0.29, 0.717) is 30.7 Å². The summed E-state index contributed by atoms with van der Waals surface area (Å²) in [4.78, 5) is 25.9. The topological polar surface area (TPSA) is 59.8 Å². The van der Waals surface area contributed by atoms with Crippen molar-refractivity contribution in [3.8, 4) is 0 Å². The number of nitrogens with zero attached hydrogens (tertiary/aromatic N) is 1. The molecule has 1 amide bonds. The second-order valence-corrected chi connectivity index (χ2v) is 4.64. The second-order valence-electron chi connectivity index (χ2n) is 4.64. The summed E-state index contributed by atoms with van der Waals surface area (Å²) in [5, 5.41) is 0. The number of rotatable bonds is 3. The van der Waals surface area contributed by atoms with Gasteiger partial charge in [-0.2, -0.15) is 0 Å². The zero-order valence-electron chi connectivity index (χ0n) is 11.3. The highest BCUT2D eigenvalue weighted by Crippen LogP contribution is 2.22. The van der Waals surface area contributed by atoms with Crippen LogP contribution in [0.1, 0.15) is 42.3 Å². The summed E-state index contributed by atoms with van der Waals surface area (Å²) in [6.45, 7) is 2.52. The van der Waals surface area contributed by atoms with Gasteiger partial charge in [0.2, 0.25) is 0 Å². The maximum absolute atomic E-state index is 12.5. The Morgan fingerprint density at radius 2 is 2.26 bits per heavy atom. The minimum Gasteiger partial charge on any atom is -0.469 e. The van der Waals surface area contributed by atoms with E-state index in [4.69, 9.17) is 9.15 Å². The Balaban J connectivity index is 2.22. The number of ether oxygens (including phenoxy) is 1. The lowest BCUT2D eigenvalue weighted by Crippen LogP contribution is -2.48. The number of hydrogen-bond acceptors (Lipinski definition) is 4. The molecule has 0 spiro atoms. The van der Waals surface area contributed by atoms with Crippen molar-refractivity contribution in [3.05, 3.63) is 23.7 Å². The Morgan fingerprint density at radius 3 is 2.95 bits per heavy atom. The van der Waals surface area contributed by atoms with Gasteiger partial charge in [0.15, 0.2) is 0 Å². The van der Waals surface area contributed by atoms with Crippen LogP contribution in [0.3, 0.4) is 0 Å². The first-order valence-corrected chi connectivity index (χ1v) is 6.64. The third-order valence-electron chi connectivity index (χ3n) is 3.53. The highest BCUT2D eigenvalue weighted by molar-refractivity contribution is 5.97. The van der Waals surface area contributed by atoms with Gasteiger partial charge < -0.3 is 14.1 Å². The van der Waals surface area contributed by atoms with E-state index in [1.54, 1.807) is 11.0 Å². The van der Waals surface area contributed by atoms with Crippen LogP contribution in [0.4, 0.5) is 0 Å².